The van der Waals surface area contributed by atoms with Gasteiger partial charge in [0.25, 0.3) is 0 Å². The van der Waals surface area contributed by atoms with Gasteiger partial charge in [0.1, 0.15) is 0 Å². The zero-order chi connectivity index (χ0) is 15.4. The molecular formula is C16H15Cl2NOS. The maximum atomic E-state index is 12.2. The number of halogens is 2. The molecule has 0 radical (unpaired) electrons. The first kappa shape index (κ1) is 16.2. The topological polar surface area (TPSA) is 29.1 Å². The van der Waals surface area contributed by atoms with Crippen molar-refractivity contribution in [1.29, 1.82) is 0 Å². The van der Waals surface area contributed by atoms with Crippen LogP contribution in [0, 0.1) is 6.92 Å². The lowest BCUT2D eigenvalue weighted by molar-refractivity contribution is -0.115. The summed E-state index contributed by atoms with van der Waals surface area (Å²) in [6.07, 6.45) is 0. The van der Waals surface area contributed by atoms with Gasteiger partial charge in [-0.25, -0.2) is 0 Å². The number of hydrogen-bond acceptors (Lipinski definition) is 2. The number of thioether (sulfide) groups is 1. The molecule has 0 bridgehead atoms. The fraction of sp³-hybridized carbons (Fsp3) is 0.188. The Morgan fingerprint density at radius 3 is 2.33 bits per heavy atom. The number of nitrogens with one attached hydrogen (secondary N) is 1. The van der Waals surface area contributed by atoms with Crippen LogP contribution in [0.15, 0.2) is 47.4 Å². The number of aryl methyl sites for hydroxylation is 1. The van der Waals surface area contributed by atoms with Gasteiger partial charge in [0.15, 0.2) is 0 Å². The predicted octanol–water partition coefficient (Wildman–Crippen LogP) is 5.42. The van der Waals surface area contributed by atoms with E-state index in [0.717, 1.165) is 16.1 Å². The van der Waals surface area contributed by atoms with E-state index in [9.17, 15) is 4.79 Å². The molecule has 0 spiro atoms. The van der Waals surface area contributed by atoms with Crippen LogP contribution in [-0.4, -0.2) is 11.2 Å². The van der Waals surface area contributed by atoms with E-state index in [2.05, 4.69) is 5.32 Å². The molecule has 0 aliphatic heterocycles. The Hall–Kier alpha value is -1.16. The largest absolute Gasteiger partial charge is 0.325 e. The lowest BCUT2D eigenvalue weighted by Gasteiger charge is -2.13. The molecule has 0 aromatic heterocycles. The van der Waals surface area contributed by atoms with E-state index in [0.29, 0.717) is 10.0 Å². The second-order valence-corrected chi connectivity index (χ2v) is 6.95. The molecule has 0 heterocycles. The van der Waals surface area contributed by atoms with Crippen molar-refractivity contribution < 1.29 is 4.79 Å². The Kier molecular flexibility index (Phi) is 5.57. The van der Waals surface area contributed by atoms with Gasteiger partial charge in [0.2, 0.25) is 5.91 Å². The third kappa shape index (κ3) is 4.67. The molecule has 1 N–H and O–H groups in total. The van der Waals surface area contributed by atoms with Crippen LogP contribution in [0.2, 0.25) is 10.0 Å². The lowest BCUT2D eigenvalue weighted by atomic mass is 10.2. The number of rotatable bonds is 4. The Balaban J connectivity index is 2.00. The van der Waals surface area contributed by atoms with Crippen molar-refractivity contribution in [3.05, 3.63) is 58.1 Å². The first-order chi connectivity index (χ1) is 9.95. The number of benzene rings is 2. The van der Waals surface area contributed by atoms with Gasteiger partial charge in [-0.2, -0.15) is 0 Å². The fourth-order valence-electron chi connectivity index (χ4n) is 1.77. The summed E-state index contributed by atoms with van der Waals surface area (Å²) in [5.41, 5.74) is 1.73. The Bertz CT molecular complexity index is 643. The minimum Gasteiger partial charge on any atom is -0.325 e. The number of amides is 1. The summed E-state index contributed by atoms with van der Waals surface area (Å²) in [4.78, 5) is 13.2. The van der Waals surface area contributed by atoms with Crippen molar-refractivity contribution in [2.24, 2.45) is 0 Å². The van der Waals surface area contributed by atoms with Crippen molar-refractivity contribution in [2.75, 3.05) is 5.32 Å². The molecule has 0 saturated heterocycles. The second kappa shape index (κ2) is 7.21. The van der Waals surface area contributed by atoms with E-state index < -0.39 is 0 Å². The Morgan fingerprint density at radius 2 is 1.71 bits per heavy atom. The molecule has 5 heteroatoms. The van der Waals surface area contributed by atoms with E-state index in [1.807, 2.05) is 50.2 Å². The van der Waals surface area contributed by atoms with Crippen molar-refractivity contribution in [1.82, 2.24) is 0 Å². The SMILES string of the molecule is Cc1cc(Cl)ccc1NC(=O)[C@H](C)Sc1ccc(Cl)cc1. The maximum Gasteiger partial charge on any atom is 0.237 e. The van der Waals surface area contributed by atoms with Crippen LogP contribution >= 0.6 is 35.0 Å². The van der Waals surface area contributed by atoms with Gasteiger partial charge in [-0.05, 0) is 61.9 Å². The molecule has 2 aromatic carbocycles. The molecule has 0 aliphatic carbocycles. The van der Waals surface area contributed by atoms with Crippen LogP contribution in [0.5, 0.6) is 0 Å². The maximum absolute atomic E-state index is 12.2. The number of carbonyl (C=O) groups excluding carboxylic acids is 1. The van der Waals surface area contributed by atoms with Crippen LogP contribution in [0.4, 0.5) is 5.69 Å². The summed E-state index contributed by atoms with van der Waals surface area (Å²) in [7, 11) is 0. The molecule has 0 fully saturated rings. The molecule has 1 atom stereocenters. The molecule has 2 aromatic rings. The van der Waals surface area contributed by atoms with Crippen LogP contribution in [0.3, 0.4) is 0 Å². The van der Waals surface area contributed by atoms with Crippen LogP contribution in [0.1, 0.15) is 12.5 Å². The zero-order valence-corrected chi connectivity index (χ0v) is 14.0. The monoisotopic (exact) mass is 339 g/mol. The molecule has 110 valence electrons. The van der Waals surface area contributed by atoms with Crippen molar-refractivity contribution >= 4 is 46.6 Å². The lowest BCUT2D eigenvalue weighted by Crippen LogP contribution is -2.22. The van der Waals surface area contributed by atoms with Crippen LogP contribution in [-0.2, 0) is 4.79 Å². The van der Waals surface area contributed by atoms with E-state index in [1.165, 1.54) is 11.8 Å². The fourth-order valence-corrected chi connectivity index (χ4v) is 2.99. The third-order valence-electron chi connectivity index (χ3n) is 2.94. The average molecular weight is 340 g/mol. The summed E-state index contributed by atoms with van der Waals surface area (Å²) in [6.45, 7) is 3.79. The van der Waals surface area contributed by atoms with E-state index in [4.69, 9.17) is 23.2 Å². The quantitative estimate of drug-likeness (QED) is 0.753. The number of hydrogen-bond donors (Lipinski definition) is 1. The van der Waals surface area contributed by atoms with Crippen LogP contribution in [0.25, 0.3) is 0 Å². The van der Waals surface area contributed by atoms with Gasteiger partial charge in [-0.1, -0.05) is 23.2 Å². The van der Waals surface area contributed by atoms with Crippen molar-refractivity contribution in [2.45, 2.75) is 24.0 Å². The van der Waals surface area contributed by atoms with Gasteiger partial charge in [-0.3, -0.25) is 4.79 Å². The van der Waals surface area contributed by atoms with Gasteiger partial charge in [0, 0.05) is 20.6 Å². The van der Waals surface area contributed by atoms with E-state index in [1.54, 1.807) is 6.07 Å². The molecular weight excluding hydrogens is 325 g/mol. The summed E-state index contributed by atoms with van der Waals surface area (Å²) < 4.78 is 0. The van der Waals surface area contributed by atoms with Gasteiger partial charge in [0.05, 0.1) is 5.25 Å². The van der Waals surface area contributed by atoms with Crippen LogP contribution < -0.4 is 5.32 Å². The summed E-state index contributed by atoms with van der Waals surface area (Å²) in [5.74, 6) is -0.0413. The Labute approximate surface area is 138 Å². The third-order valence-corrected chi connectivity index (χ3v) is 4.54. The zero-order valence-electron chi connectivity index (χ0n) is 11.7. The highest BCUT2D eigenvalue weighted by atomic mass is 35.5. The Morgan fingerprint density at radius 1 is 1.10 bits per heavy atom. The molecule has 21 heavy (non-hydrogen) atoms. The molecule has 2 rings (SSSR count). The second-order valence-electron chi connectivity index (χ2n) is 4.66. The van der Waals surface area contributed by atoms with Crippen molar-refractivity contribution in [3.8, 4) is 0 Å². The van der Waals surface area contributed by atoms with Gasteiger partial charge in [-0.15, -0.1) is 11.8 Å². The minimum absolute atomic E-state index is 0.0413. The average Bonchev–Trinajstić information content (AvgIpc) is 2.44. The minimum atomic E-state index is -0.207. The summed E-state index contributed by atoms with van der Waals surface area (Å²) >= 11 is 13.2. The highest BCUT2D eigenvalue weighted by Crippen LogP contribution is 2.26. The standard InChI is InChI=1S/C16H15Cl2NOS/c1-10-9-13(18)5-8-15(10)19-16(20)11(2)21-14-6-3-12(17)4-7-14/h3-9,11H,1-2H3,(H,19,20)/t11-/m0/s1. The molecule has 0 aliphatic rings. The van der Waals surface area contributed by atoms with Crippen molar-refractivity contribution in [3.63, 3.8) is 0 Å². The summed E-state index contributed by atoms with van der Waals surface area (Å²) in [6, 6.07) is 12.9. The first-order valence-corrected chi connectivity index (χ1v) is 8.08. The predicted molar refractivity (Wildman–Crippen MR) is 91.6 cm³/mol. The smallest absolute Gasteiger partial charge is 0.237 e. The molecule has 0 unspecified atom stereocenters. The van der Waals surface area contributed by atoms with Gasteiger partial charge >= 0.3 is 0 Å². The number of carbonyl (C=O) groups is 1. The van der Waals surface area contributed by atoms with E-state index in [-0.39, 0.29) is 11.2 Å². The normalized spacial score (nSPS) is 12.0. The molecule has 0 saturated carbocycles. The van der Waals surface area contributed by atoms with E-state index >= 15 is 0 Å². The highest BCUT2D eigenvalue weighted by molar-refractivity contribution is 8.00. The summed E-state index contributed by atoms with van der Waals surface area (Å²) in [5, 5.41) is 4.07. The van der Waals surface area contributed by atoms with Gasteiger partial charge < -0.3 is 5.32 Å². The molecule has 2 nitrogen and oxygen atoms in total. The molecule has 1 amide bonds. The first-order valence-electron chi connectivity index (χ1n) is 6.45. The highest BCUT2D eigenvalue weighted by Gasteiger charge is 2.15. The number of anilines is 1.